The summed E-state index contributed by atoms with van der Waals surface area (Å²) in [5.41, 5.74) is 0. The maximum atomic E-state index is 12.0. The van der Waals surface area contributed by atoms with Gasteiger partial charge in [0, 0.05) is 6.54 Å². The third-order valence-electron chi connectivity index (χ3n) is 2.93. The normalized spacial score (nSPS) is 22.4. The van der Waals surface area contributed by atoms with Crippen LogP contribution in [0.2, 0.25) is 0 Å². The number of carbonyl (C=O) groups excluding carboxylic acids is 1. The Morgan fingerprint density at radius 3 is 2.67 bits per heavy atom. The molecule has 1 heterocycles. The predicted octanol–water partition coefficient (Wildman–Crippen LogP) is -0.485. The molecule has 1 fully saturated rings. The van der Waals surface area contributed by atoms with Gasteiger partial charge in [0.25, 0.3) is 0 Å². The Bertz CT molecular complexity index is 344. The second kappa shape index (κ2) is 6.34. The zero-order valence-electron chi connectivity index (χ0n) is 10.3. The van der Waals surface area contributed by atoms with Crippen LogP contribution in [0.5, 0.6) is 0 Å². The molecule has 1 saturated heterocycles. The van der Waals surface area contributed by atoms with Crippen molar-refractivity contribution in [2.75, 3.05) is 13.1 Å². The topological polar surface area (TPSA) is 107 Å². The Morgan fingerprint density at radius 2 is 2.11 bits per heavy atom. The van der Waals surface area contributed by atoms with Crippen molar-refractivity contribution in [1.29, 1.82) is 0 Å². The summed E-state index contributed by atoms with van der Waals surface area (Å²) in [6, 6.07) is -1.44. The summed E-state index contributed by atoms with van der Waals surface area (Å²) in [6.45, 7) is 1.53. The van der Waals surface area contributed by atoms with E-state index < -0.39 is 24.0 Å². The number of carboxylic acids is 2. The first-order valence-electron chi connectivity index (χ1n) is 5.91. The van der Waals surface area contributed by atoms with Crippen LogP contribution in [0.25, 0.3) is 0 Å². The van der Waals surface area contributed by atoms with Crippen molar-refractivity contribution < 1.29 is 24.6 Å². The molecule has 3 N–H and O–H groups in total. The molecule has 1 aliphatic heterocycles. The molecule has 0 aromatic heterocycles. The van der Waals surface area contributed by atoms with E-state index >= 15 is 0 Å². The Hall–Kier alpha value is -1.63. The van der Waals surface area contributed by atoms with E-state index in [0.717, 1.165) is 12.8 Å². The number of likely N-dealkylation sites (tertiary alicyclic amines) is 1. The first-order chi connectivity index (χ1) is 8.41. The Labute approximate surface area is 105 Å². The first kappa shape index (κ1) is 14.4. The quantitative estimate of drug-likeness (QED) is 0.614. The SMILES string of the molecule is C[C@H](NC1CCCCN(CC(=O)O)C1=O)C(=O)O. The van der Waals surface area contributed by atoms with E-state index in [1.54, 1.807) is 0 Å². The van der Waals surface area contributed by atoms with Crippen LogP contribution >= 0.6 is 0 Å². The number of hydrogen-bond acceptors (Lipinski definition) is 4. The molecule has 1 rings (SSSR count). The molecular weight excluding hydrogens is 240 g/mol. The average molecular weight is 258 g/mol. The number of carboxylic acid groups (broad SMARTS) is 2. The standard InChI is InChI=1S/C11H18N2O5/c1-7(11(17)18)12-8-4-2-3-5-13(10(8)16)6-9(14)15/h7-8,12H,2-6H2,1H3,(H,14,15)(H,17,18)/t7-,8?/m0/s1. The fourth-order valence-corrected chi connectivity index (χ4v) is 1.95. The van der Waals surface area contributed by atoms with Crippen molar-refractivity contribution in [3.63, 3.8) is 0 Å². The molecule has 0 aromatic rings. The summed E-state index contributed by atoms with van der Waals surface area (Å²) in [5.74, 6) is -2.42. The van der Waals surface area contributed by atoms with Crippen LogP contribution in [0.1, 0.15) is 26.2 Å². The largest absolute Gasteiger partial charge is 0.480 e. The number of nitrogens with zero attached hydrogens (tertiary/aromatic N) is 1. The predicted molar refractivity (Wildman–Crippen MR) is 62.1 cm³/mol. The molecular formula is C11H18N2O5. The molecule has 18 heavy (non-hydrogen) atoms. The summed E-state index contributed by atoms with van der Waals surface area (Å²) in [6.07, 6.45) is 2.04. The molecule has 0 spiro atoms. The number of hydrogen-bond donors (Lipinski definition) is 3. The summed E-state index contributed by atoms with van der Waals surface area (Å²) in [5, 5.41) is 20.2. The lowest BCUT2D eigenvalue weighted by atomic mass is 10.1. The highest BCUT2D eigenvalue weighted by Crippen LogP contribution is 2.12. The number of rotatable bonds is 5. The van der Waals surface area contributed by atoms with Crippen molar-refractivity contribution in [1.82, 2.24) is 10.2 Å². The molecule has 7 heteroatoms. The molecule has 7 nitrogen and oxygen atoms in total. The van der Waals surface area contributed by atoms with E-state index in [1.165, 1.54) is 11.8 Å². The lowest BCUT2D eigenvalue weighted by Gasteiger charge is -2.24. The van der Waals surface area contributed by atoms with Gasteiger partial charge in [-0.1, -0.05) is 0 Å². The summed E-state index contributed by atoms with van der Waals surface area (Å²) < 4.78 is 0. The van der Waals surface area contributed by atoms with Gasteiger partial charge < -0.3 is 15.1 Å². The van der Waals surface area contributed by atoms with Crippen molar-refractivity contribution >= 4 is 17.8 Å². The van der Waals surface area contributed by atoms with Gasteiger partial charge in [0.1, 0.15) is 12.6 Å². The van der Waals surface area contributed by atoms with E-state index in [-0.39, 0.29) is 12.5 Å². The zero-order valence-corrected chi connectivity index (χ0v) is 10.3. The fraction of sp³-hybridized carbons (Fsp3) is 0.727. The van der Waals surface area contributed by atoms with Crippen LogP contribution in [0.3, 0.4) is 0 Å². The van der Waals surface area contributed by atoms with E-state index in [9.17, 15) is 14.4 Å². The second-order valence-electron chi connectivity index (χ2n) is 4.43. The highest BCUT2D eigenvalue weighted by atomic mass is 16.4. The molecule has 1 aliphatic rings. The molecule has 1 unspecified atom stereocenters. The van der Waals surface area contributed by atoms with Crippen LogP contribution in [0.4, 0.5) is 0 Å². The molecule has 0 bridgehead atoms. The van der Waals surface area contributed by atoms with Gasteiger partial charge in [-0.2, -0.15) is 0 Å². The van der Waals surface area contributed by atoms with E-state index in [4.69, 9.17) is 10.2 Å². The molecule has 0 aliphatic carbocycles. The van der Waals surface area contributed by atoms with E-state index in [1.807, 2.05) is 0 Å². The first-order valence-corrected chi connectivity index (χ1v) is 5.91. The van der Waals surface area contributed by atoms with Gasteiger partial charge in [0.2, 0.25) is 5.91 Å². The van der Waals surface area contributed by atoms with Crippen LogP contribution < -0.4 is 5.32 Å². The van der Waals surface area contributed by atoms with Crippen molar-refractivity contribution in [2.24, 2.45) is 0 Å². The Balaban J connectivity index is 2.68. The average Bonchev–Trinajstić information content (AvgIpc) is 2.43. The Morgan fingerprint density at radius 1 is 1.44 bits per heavy atom. The van der Waals surface area contributed by atoms with E-state index in [0.29, 0.717) is 13.0 Å². The second-order valence-corrected chi connectivity index (χ2v) is 4.43. The van der Waals surface area contributed by atoms with Gasteiger partial charge in [-0.15, -0.1) is 0 Å². The fourth-order valence-electron chi connectivity index (χ4n) is 1.95. The summed E-state index contributed by atoms with van der Waals surface area (Å²) >= 11 is 0. The van der Waals surface area contributed by atoms with Crippen LogP contribution in [0, 0.1) is 0 Å². The minimum atomic E-state index is -1.06. The molecule has 2 atom stereocenters. The zero-order chi connectivity index (χ0) is 13.7. The van der Waals surface area contributed by atoms with Gasteiger partial charge in [-0.25, -0.2) is 0 Å². The van der Waals surface area contributed by atoms with Crippen LogP contribution in [-0.2, 0) is 14.4 Å². The number of aliphatic carboxylic acids is 2. The Kier molecular flexibility index (Phi) is 5.08. The summed E-state index contributed by atoms with van der Waals surface area (Å²) in [7, 11) is 0. The monoisotopic (exact) mass is 258 g/mol. The maximum absolute atomic E-state index is 12.0. The van der Waals surface area contributed by atoms with Gasteiger partial charge in [-0.3, -0.25) is 19.7 Å². The van der Waals surface area contributed by atoms with Gasteiger partial charge >= 0.3 is 11.9 Å². The molecule has 1 amide bonds. The third-order valence-corrected chi connectivity index (χ3v) is 2.93. The lowest BCUT2D eigenvalue weighted by Crippen LogP contribution is -2.51. The minimum Gasteiger partial charge on any atom is -0.480 e. The summed E-state index contributed by atoms with van der Waals surface area (Å²) in [4.78, 5) is 34.7. The number of amides is 1. The molecule has 0 radical (unpaired) electrons. The van der Waals surface area contributed by atoms with Crippen LogP contribution in [-0.4, -0.2) is 58.1 Å². The van der Waals surface area contributed by atoms with Crippen molar-refractivity contribution in [2.45, 2.75) is 38.3 Å². The van der Waals surface area contributed by atoms with Crippen molar-refractivity contribution in [3.8, 4) is 0 Å². The maximum Gasteiger partial charge on any atom is 0.323 e. The number of nitrogens with one attached hydrogen (secondary N) is 1. The minimum absolute atomic E-state index is 0.331. The molecule has 102 valence electrons. The highest BCUT2D eigenvalue weighted by Gasteiger charge is 2.30. The van der Waals surface area contributed by atoms with Gasteiger partial charge in [-0.05, 0) is 26.2 Å². The number of carbonyl (C=O) groups is 3. The third kappa shape index (κ3) is 3.99. The van der Waals surface area contributed by atoms with Crippen molar-refractivity contribution in [3.05, 3.63) is 0 Å². The van der Waals surface area contributed by atoms with E-state index in [2.05, 4.69) is 5.32 Å². The highest BCUT2D eigenvalue weighted by molar-refractivity contribution is 5.86. The molecule has 0 aromatic carbocycles. The molecule has 0 saturated carbocycles. The van der Waals surface area contributed by atoms with Gasteiger partial charge in [0.15, 0.2) is 0 Å². The lowest BCUT2D eigenvalue weighted by molar-refractivity contribution is -0.146. The van der Waals surface area contributed by atoms with Crippen LogP contribution in [0.15, 0.2) is 0 Å². The van der Waals surface area contributed by atoms with Gasteiger partial charge in [0.05, 0.1) is 6.04 Å². The smallest absolute Gasteiger partial charge is 0.323 e.